The molecule has 1 fully saturated rings. The number of carbonyl (C=O) groups is 2. The predicted octanol–water partition coefficient (Wildman–Crippen LogP) is 3.46. The quantitative estimate of drug-likeness (QED) is 0.476. The van der Waals surface area contributed by atoms with Gasteiger partial charge in [-0.05, 0) is 92.0 Å². The number of aromatic hydroxyl groups is 1. The molecule has 2 amide bonds. The van der Waals surface area contributed by atoms with Crippen molar-refractivity contribution in [2.75, 3.05) is 4.90 Å². The molecule has 5 nitrogen and oxygen atoms in total. The fourth-order valence-electron chi connectivity index (χ4n) is 3.09. The van der Waals surface area contributed by atoms with E-state index in [0.29, 0.717) is 22.4 Å². The Balaban J connectivity index is 2.09. The highest BCUT2D eigenvalue weighted by atomic mass is 32.1. The number of anilines is 1. The second-order valence-corrected chi connectivity index (χ2v) is 7.07. The van der Waals surface area contributed by atoms with Crippen LogP contribution in [0.25, 0.3) is 6.08 Å². The first kappa shape index (κ1) is 18.8. The smallest absolute Gasteiger partial charge is 0.270 e. The minimum absolute atomic E-state index is 0.00556. The molecule has 0 bridgehead atoms. The Morgan fingerprint density at radius 3 is 2.30 bits per heavy atom. The Hall–Kier alpha value is -2.99. The highest BCUT2D eigenvalue weighted by Gasteiger charge is 2.35. The van der Waals surface area contributed by atoms with Crippen molar-refractivity contribution in [1.82, 2.24) is 5.32 Å². The fourth-order valence-corrected chi connectivity index (χ4v) is 3.37. The van der Waals surface area contributed by atoms with Crippen molar-refractivity contribution < 1.29 is 14.7 Å². The van der Waals surface area contributed by atoms with Crippen LogP contribution in [0, 0.1) is 27.7 Å². The first-order valence-corrected chi connectivity index (χ1v) is 8.89. The zero-order valence-electron chi connectivity index (χ0n) is 15.6. The summed E-state index contributed by atoms with van der Waals surface area (Å²) in [7, 11) is 0. The molecule has 2 aromatic rings. The number of carbonyl (C=O) groups excluding carboxylic acids is 2. The van der Waals surface area contributed by atoms with Gasteiger partial charge in [0, 0.05) is 0 Å². The number of amides is 2. The Morgan fingerprint density at radius 2 is 1.67 bits per heavy atom. The van der Waals surface area contributed by atoms with Crippen molar-refractivity contribution in [3.05, 3.63) is 63.7 Å². The summed E-state index contributed by atoms with van der Waals surface area (Å²) in [4.78, 5) is 26.9. The van der Waals surface area contributed by atoms with E-state index in [1.807, 2.05) is 26.0 Å². The maximum Gasteiger partial charge on any atom is 0.270 e. The molecule has 0 radical (unpaired) electrons. The van der Waals surface area contributed by atoms with E-state index in [1.54, 1.807) is 32.0 Å². The van der Waals surface area contributed by atoms with Crippen LogP contribution in [0.4, 0.5) is 5.69 Å². The van der Waals surface area contributed by atoms with Crippen LogP contribution in [0.5, 0.6) is 5.75 Å². The molecule has 0 saturated carbocycles. The topological polar surface area (TPSA) is 69.6 Å². The van der Waals surface area contributed by atoms with E-state index in [4.69, 9.17) is 12.2 Å². The largest absolute Gasteiger partial charge is 0.507 e. The average molecular weight is 380 g/mol. The van der Waals surface area contributed by atoms with E-state index in [9.17, 15) is 14.7 Å². The molecule has 1 saturated heterocycles. The van der Waals surface area contributed by atoms with E-state index < -0.39 is 11.8 Å². The molecule has 2 N–H and O–H groups in total. The van der Waals surface area contributed by atoms with Gasteiger partial charge in [-0.1, -0.05) is 12.1 Å². The number of nitrogens with zero attached hydrogens (tertiary/aromatic N) is 1. The van der Waals surface area contributed by atoms with Crippen molar-refractivity contribution in [2.45, 2.75) is 27.7 Å². The van der Waals surface area contributed by atoms with Crippen LogP contribution in [-0.2, 0) is 9.59 Å². The number of aryl methyl sites for hydroxylation is 3. The molecule has 1 heterocycles. The molecule has 1 aliphatic heterocycles. The van der Waals surface area contributed by atoms with Gasteiger partial charge in [0.25, 0.3) is 11.8 Å². The monoisotopic (exact) mass is 380 g/mol. The van der Waals surface area contributed by atoms with Crippen LogP contribution in [0.2, 0.25) is 0 Å². The number of nitrogens with one attached hydrogen (secondary N) is 1. The summed E-state index contributed by atoms with van der Waals surface area (Å²) in [5.41, 5.74) is 4.59. The average Bonchev–Trinajstić information content (AvgIpc) is 2.60. The van der Waals surface area contributed by atoms with Gasteiger partial charge in [-0.15, -0.1) is 0 Å². The van der Waals surface area contributed by atoms with Crippen molar-refractivity contribution in [1.29, 1.82) is 0 Å². The molecular weight excluding hydrogens is 360 g/mol. The van der Waals surface area contributed by atoms with Gasteiger partial charge in [0.2, 0.25) is 0 Å². The van der Waals surface area contributed by atoms with Crippen molar-refractivity contribution in [3.8, 4) is 5.75 Å². The zero-order valence-corrected chi connectivity index (χ0v) is 16.4. The summed E-state index contributed by atoms with van der Waals surface area (Å²) >= 11 is 5.26. The molecule has 0 spiro atoms. The SMILES string of the molecule is Cc1cccc(N2C(=O)/C(=C/c3cc(C)c(O)c(C)c3)C(=O)NC2=S)c1C. The Bertz CT molecular complexity index is 1000. The highest BCUT2D eigenvalue weighted by Crippen LogP contribution is 2.28. The fraction of sp³-hybridized carbons (Fsp3) is 0.190. The van der Waals surface area contributed by atoms with Gasteiger partial charge in [0.05, 0.1) is 5.69 Å². The summed E-state index contributed by atoms with van der Waals surface area (Å²) < 4.78 is 0. The maximum atomic E-state index is 13.1. The van der Waals surface area contributed by atoms with Gasteiger partial charge in [0.15, 0.2) is 5.11 Å². The van der Waals surface area contributed by atoms with E-state index in [1.165, 1.54) is 11.0 Å². The summed E-state index contributed by atoms with van der Waals surface area (Å²) in [5.74, 6) is -0.800. The summed E-state index contributed by atoms with van der Waals surface area (Å²) in [5, 5.41) is 12.6. The van der Waals surface area contributed by atoms with Gasteiger partial charge in [-0.25, -0.2) is 0 Å². The Labute approximate surface area is 163 Å². The molecule has 3 rings (SSSR count). The van der Waals surface area contributed by atoms with Gasteiger partial charge in [-0.2, -0.15) is 0 Å². The maximum absolute atomic E-state index is 13.1. The van der Waals surface area contributed by atoms with Crippen molar-refractivity contribution in [2.24, 2.45) is 0 Å². The van der Waals surface area contributed by atoms with E-state index in [0.717, 1.165) is 11.1 Å². The van der Waals surface area contributed by atoms with Crippen LogP contribution in [0.15, 0.2) is 35.9 Å². The van der Waals surface area contributed by atoms with E-state index in [2.05, 4.69) is 5.32 Å². The molecule has 6 heteroatoms. The minimum Gasteiger partial charge on any atom is -0.507 e. The van der Waals surface area contributed by atoms with Gasteiger partial charge in [-0.3, -0.25) is 19.8 Å². The van der Waals surface area contributed by atoms with Crippen LogP contribution in [0.1, 0.15) is 27.8 Å². The number of hydrogen-bond acceptors (Lipinski definition) is 4. The lowest BCUT2D eigenvalue weighted by Gasteiger charge is -2.30. The second kappa shape index (κ2) is 6.96. The van der Waals surface area contributed by atoms with E-state index >= 15 is 0 Å². The molecule has 0 unspecified atom stereocenters. The third kappa shape index (κ3) is 3.36. The second-order valence-electron chi connectivity index (χ2n) is 6.68. The van der Waals surface area contributed by atoms with Crippen LogP contribution >= 0.6 is 12.2 Å². The Morgan fingerprint density at radius 1 is 1.04 bits per heavy atom. The van der Waals surface area contributed by atoms with Gasteiger partial charge < -0.3 is 5.11 Å². The van der Waals surface area contributed by atoms with Crippen molar-refractivity contribution in [3.63, 3.8) is 0 Å². The standard InChI is InChI=1S/C21H20N2O3S/c1-11-6-5-7-17(14(11)4)23-20(26)16(19(25)22-21(23)27)10-15-8-12(2)18(24)13(3)9-15/h5-10,24H,1-4H3,(H,22,25,27)/b16-10+. The number of thiocarbonyl (C=S) groups is 1. The normalized spacial score (nSPS) is 16.1. The minimum atomic E-state index is -0.532. The predicted molar refractivity (Wildman–Crippen MR) is 110 cm³/mol. The molecule has 138 valence electrons. The van der Waals surface area contributed by atoms with Crippen LogP contribution < -0.4 is 10.2 Å². The number of phenolic OH excluding ortho intramolecular Hbond substituents is 1. The number of phenols is 1. The van der Waals surface area contributed by atoms with E-state index in [-0.39, 0.29) is 16.4 Å². The lowest BCUT2D eigenvalue weighted by molar-refractivity contribution is -0.122. The van der Waals surface area contributed by atoms with Gasteiger partial charge >= 0.3 is 0 Å². The summed E-state index contributed by atoms with van der Waals surface area (Å²) in [6, 6.07) is 9.06. The Kier molecular flexibility index (Phi) is 4.85. The molecule has 0 aromatic heterocycles. The van der Waals surface area contributed by atoms with Crippen molar-refractivity contribution >= 4 is 40.9 Å². The molecule has 2 aromatic carbocycles. The molecule has 0 aliphatic carbocycles. The number of benzene rings is 2. The number of hydrogen-bond donors (Lipinski definition) is 2. The lowest BCUT2D eigenvalue weighted by atomic mass is 10.0. The van der Waals surface area contributed by atoms with Crippen LogP contribution in [0.3, 0.4) is 0 Å². The number of rotatable bonds is 2. The van der Waals surface area contributed by atoms with Gasteiger partial charge in [0.1, 0.15) is 11.3 Å². The highest BCUT2D eigenvalue weighted by molar-refractivity contribution is 7.80. The first-order chi connectivity index (χ1) is 12.7. The molecule has 0 atom stereocenters. The lowest BCUT2D eigenvalue weighted by Crippen LogP contribution is -2.54. The summed E-state index contributed by atoms with van der Waals surface area (Å²) in [6.45, 7) is 7.40. The molecular formula is C21H20N2O3S. The third-order valence-electron chi connectivity index (χ3n) is 4.74. The molecule has 27 heavy (non-hydrogen) atoms. The molecule has 1 aliphatic rings. The third-order valence-corrected chi connectivity index (χ3v) is 5.03. The zero-order chi connectivity index (χ0) is 19.9. The van der Waals surface area contributed by atoms with Crippen LogP contribution in [-0.4, -0.2) is 22.0 Å². The summed E-state index contributed by atoms with van der Waals surface area (Å²) in [6.07, 6.45) is 1.52. The first-order valence-electron chi connectivity index (χ1n) is 8.48.